The summed E-state index contributed by atoms with van der Waals surface area (Å²) in [6, 6.07) is 0. The zero-order chi connectivity index (χ0) is 17.9. The maximum atomic E-state index is 10.2. The summed E-state index contributed by atoms with van der Waals surface area (Å²) in [5, 5.41) is 27.5. The van der Waals surface area contributed by atoms with E-state index >= 15 is 0 Å². The average Bonchev–Trinajstić information content (AvgIpc) is 3.08. The minimum atomic E-state index is -0.663. The molecule has 1 aliphatic rings. The van der Waals surface area contributed by atoms with Crippen LogP contribution < -0.4 is 5.73 Å². The van der Waals surface area contributed by atoms with Gasteiger partial charge < -0.3 is 21.1 Å². The third-order valence-corrected chi connectivity index (χ3v) is 6.71. The predicted octanol–water partition coefficient (Wildman–Crippen LogP) is 2.83. The van der Waals surface area contributed by atoms with Crippen molar-refractivity contribution >= 4 is 27.6 Å². The van der Waals surface area contributed by atoms with Crippen molar-refractivity contribution in [3.63, 3.8) is 0 Å². The average molecular weight is 375 g/mol. The molecule has 0 radical (unpaired) electrons. The van der Waals surface area contributed by atoms with Crippen molar-refractivity contribution in [2.45, 2.75) is 57.4 Å². The van der Waals surface area contributed by atoms with E-state index in [0.29, 0.717) is 23.2 Å². The first-order valence-electron chi connectivity index (χ1n) is 7.96. The highest BCUT2D eigenvalue weighted by Crippen LogP contribution is 2.39. The van der Waals surface area contributed by atoms with Gasteiger partial charge in [-0.05, 0) is 26.2 Å². The van der Waals surface area contributed by atoms with Crippen molar-refractivity contribution in [3.8, 4) is 5.75 Å². The highest BCUT2D eigenvalue weighted by atomic mass is 33.1. The van der Waals surface area contributed by atoms with Crippen molar-refractivity contribution in [1.29, 1.82) is 0 Å². The van der Waals surface area contributed by atoms with Crippen molar-refractivity contribution in [2.24, 2.45) is 5.73 Å². The van der Waals surface area contributed by atoms with Gasteiger partial charge in [-0.15, -0.1) is 0 Å². The number of pyridine rings is 1. The molecule has 1 unspecified atom stereocenters. The summed E-state index contributed by atoms with van der Waals surface area (Å²) in [4.78, 5) is 14.1. The molecule has 0 aliphatic carbocycles. The van der Waals surface area contributed by atoms with Gasteiger partial charge in [-0.25, -0.2) is 0 Å². The van der Waals surface area contributed by atoms with Gasteiger partial charge >= 0.3 is 5.97 Å². The lowest BCUT2D eigenvalue weighted by Gasteiger charge is -2.08. The van der Waals surface area contributed by atoms with Crippen molar-refractivity contribution in [1.82, 2.24) is 4.98 Å². The number of rotatable bonds is 7. The monoisotopic (exact) mass is 374 g/mol. The summed E-state index contributed by atoms with van der Waals surface area (Å²) >= 11 is 0. The summed E-state index contributed by atoms with van der Waals surface area (Å²) < 4.78 is 0. The fourth-order valence-corrected chi connectivity index (χ4v) is 5.29. The Morgan fingerprint density at radius 3 is 2.75 bits per heavy atom. The molecule has 1 aliphatic heterocycles. The van der Waals surface area contributed by atoms with Gasteiger partial charge in [0.15, 0.2) is 0 Å². The summed E-state index contributed by atoms with van der Waals surface area (Å²) in [5.41, 5.74) is 7.09. The standard InChI is InChI=1S/C8H12N2O2.C8H14O2S2/c1-5-8(12)7(2-9)6(4-11)3-10-5;9-8(10)4-2-1-3-7-5-6-11-12-7/h3,11-12H,2,4,9H2,1H3;7H,1-6H2,(H,9,10). The molecule has 1 aromatic heterocycles. The topological polar surface area (TPSA) is 117 Å². The zero-order valence-electron chi connectivity index (χ0n) is 13.9. The SMILES string of the molecule is Cc1ncc(CO)c(CN)c1O.O=C(O)CCCCC1CCSS1. The van der Waals surface area contributed by atoms with Crippen LogP contribution in [0.15, 0.2) is 6.20 Å². The Balaban J connectivity index is 0.000000240. The van der Waals surface area contributed by atoms with Crippen LogP contribution in [0.25, 0.3) is 0 Å². The van der Waals surface area contributed by atoms with Crippen LogP contribution in [0, 0.1) is 6.92 Å². The Bertz CT molecular complexity index is 523. The molecule has 2 rings (SSSR count). The van der Waals surface area contributed by atoms with E-state index in [0.717, 1.165) is 18.1 Å². The predicted molar refractivity (Wildman–Crippen MR) is 99.0 cm³/mol. The molecule has 0 saturated carbocycles. The van der Waals surface area contributed by atoms with Crippen molar-refractivity contribution in [2.75, 3.05) is 5.75 Å². The Labute approximate surface area is 150 Å². The number of nitrogens with two attached hydrogens (primary N) is 1. The molecule has 0 spiro atoms. The van der Waals surface area contributed by atoms with Crippen LogP contribution in [0.1, 0.15) is 48.9 Å². The number of carboxylic acid groups (broad SMARTS) is 1. The van der Waals surface area contributed by atoms with E-state index in [1.165, 1.54) is 24.8 Å². The number of aromatic nitrogens is 1. The number of aromatic hydroxyl groups is 1. The first kappa shape index (κ1) is 21.1. The molecule has 0 bridgehead atoms. The number of aliphatic carboxylic acids is 1. The van der Waals surface area contributed by atoms with E-state index in [2.05, 4.69) is 4.98 Å². The number of hydrogen-bond donors (Lipinski definition) is 4. The van der Waals surface area contributed by atoms with Crippen molar-refractivity contribution < 1.29 is 20.1 Å². The van der Waals surface area contributed by atoms with Crippen LogP contribution in [0.5, 0.6) is 5.75 Å². The second kappa shape index (κ2) is 11.6. The zero-order valence-corrected chi connectivity index (χ0v) is 15.5. The highest BCUT2D eigenvalue weighted by Gasteiger charge is 2.15. The van der Waals surface area contributed by atoms with Crippen LogP contribution >= 0.6 is 21.6 Å². The van der Waals surface area contributed by atoms with Gasteiger partial charge in [-0.3, -0.25) is 9.78 Å². The van der Waals surface area contributed by atoms with Crippen LogP contribution in [-0.2, 0) is 17.9 Å². The van der Waals surface area contributed by atoms with Crippen LogP contribution in [0.2, 0.25) is 0 Å². The van der Waals surface area contributed by atoms with Gasteiger partial charge in [0.2, 0.25) is 0 Å². The second-order valence-corrected chi connectivity index (χ2v) is 8.31. The fourth-order valence-electron chi connectivity index (χ4n) is 2.26. The number of carbonyl (C=O) groups is 1. The molecule has 24 heavy (non-hydrogen) atoms. The molecule has 1 fully saturated rings. The number of aliphatic hydroxyl groups is 1. The van der Waals surface area contributed by atoms with Crippen LogP contribution in [0.4, 0.5) is 0 Å². The van der Waals surface area contributed by atoms with Gasteiger partial charge in [0.25, 0.3) is 0 Å². The van der Waals surface area contributed by atoms with E-state index < -0.39 is 5.97 Å². The fraction of sp³-hybridized carbons (Fsp3) is 0.625. The molecular weight excluding hydrogens is 348 g/mol. The molecule has 6 nitrogen and oxygen atoms in total. The summed E-state index contributed by atoms with van der Waals surface area (Å²) in [6.07, 6.45) is 6.29. The normalized spacial score (nSPS) is 16.5. The lowest BCUT2D eigenvalue weighted by molar-refractivity contribution is -0.137. The number of aryl methyl sites for hydroxylation is 1. The maximum Gasteiger partial charge on any atom is 0.303 e. The van der Waals surface area contributed by atoms with E-state index in [1.54, 1.807) is 6.92 Å². The number of carboxylic acids is 1. The number of nitrogens with zero attached hydrogens (tertiary/aromatic N) is 1. The Kier molecular flexibility index (Phi) is 10.2. The van der Waals surface area contributed by atoms with E-state index in [-0.39, 0.29) is 18.9 Å². The Morgan fingerprint density at radius 1 is 1.46 bits per heavy atom. The van der Waals surface area contributed by atoms with Crippen molar-refractivity contribution in [3.05, 3.63) is 23.0 Å². The van der Waals surface area contributed by atoms with Gasteiger partial charge in [0.1, 0.15) is 5.75 Å². The number of unbranched alkanes of at least 4 members (excludes halogenated alkanes) is 1. The van der Waals surface area contributed by atoms with E-state index in [1.807, 2.05) is 21.6 Å². The van der Waals surface area contributed by atoms with Gasteiger partial charge in [-0.1, -0.05) is 28.0 Å². The van der Waals surface area contributed by atoms with Crippen LogP contribution in [-0.4, -0.2) is 37.3 Å². The maximum absolute atomic E-state index is 10.2. The molecule has 1 saturated heterocycles. The highest BCUT2D eigenvalue weighted by molar-refractivity contribution is 8.77. The summed E-state index contributed by atoms with van der Waals surface area (Å²) in [6.45, 7) is 1.76. The van der Waals surface area contributed by atoms with Gasteiger partial charge in [-0.2, -0.15) is 0 Å². The molecule has 8 heteroatoms. The Morgan fingerprint density at radius 2 is 2.21 bits per heavy atom. The smallest absolute Gasteiger partial charge is 0.303 e. The lowest BCUT2D eigenvalue weighted by Crippen LogP contribution is -2.04. The Hall–Kier alpha value is -0.960. The molecule has 5 N–H and O–H groups in total. The largest absolute Gasteiger partial charge is 0.506 e. The molecule has 136 valence electrons. The summed E-state index contributed by atoms with van der Waals surface area (Å²) in [5.74, 6) is 0.696. The first-order valence-corrected chi connectivity index (χ1v) is 10.3. The van der Waals surface area contributed by atoms with Crippen LogP contribution in [0.3, 0.4) is 0 Å². The minimum Gasteiger partial charge on any atom is -0.506 e. The first-order chi connectivity index (χ1) is 11.5. The minimum absolute atomic E-state index is 0.0871. The molecule has 1 aromatic rings. The number of aliphatic hydroxyl groups excluding tert-OH is 1. The van der Waals surface area contributed by atoms with E-state index in [9.17, 15) is 9.90 Å². The lowest BCUT2D eigenvalue weighted by atomic mass is 10.1. The third kappa shape index (κ3) is 7.29. The van der Waals surface area contributed by atoms with Gasteiger partial charge in [0, 0.05) is 41.3 Å². The quantitative estimate of drug-likeness (QED) is 0.425. The molecule has 1 atom stereocenters. The molecule has 0 aromatic carbocycles. The second-order valence-electron chi connectivity index (χ2n) is 5.53. The molecule has 0 amide bonds. The van der Waals surface area contributed by atoms with Gasteiger partial charge in [0.05, 0.1) is 12.3 Å². The third-order valence-electron chi connectivity index (χ3n) is 3.70. The molecular formula is C16H26N2O4S2. The molecule has 2 heterocycles. The van der Waals surface area contributed by atoms with E-state index in [4.69, 9.17) is 15.9 Å². The summed E-state index contributed by atoms with van der Waals surface area (Å²) in [7, 11) is 3.92. The number of hydrogen-bond acceptors (Lipinski definition) is 7.